The molecule has 1 N–H and O–H groups in total. The number of amides is 2. The van der Waals surface area contributed by atoms with E-state index >= 15 is 0 Å². The van der Waals surface area contributed by atoms with Crippen LogP contribution in [0.4, 0.5) is 5.69 Å². The standard InChI is InChI=1S/C22H24N2O5/c1-24-18-8-7-16(13-15(18)14-20(24)25)22(28-11-12-29-22)9-10-23-21(26)17-5-3-4-6-19(17)27-2/h3-8,13H,9-12,14H2,1-2H3,(H,23,26). The lowest BCUT2D eigenvalue weighted by Gasteiger charge is -2.28. The number of likely N-dealkylation sites (N-methyl/N-ethyl adjacent to an activating group) is 1. The highest BCUT2D eigenvalue weighted by atomic mass is 16.7. The molecule has 2 aromatic rings. The van der Waals surface area contributed by atoms with Gasteiger partial charge in [-0.05, 0) is 29.8 Å². The van der Waals surface area contributed by atoms with Crippen LogP contribution in [0.2, 0.25) is 0 Å². The number of carbonyl (C=O) groups is 2. The van der Waals surface area contributed by atoms with Crippen molar-refractivity contribution in [2.24, 2.45) is 0 Å². The fraction of sp³-hybridized carbons (Fsp3) is 0.364. The Hall–Kier alpha value is -2.90. The molecule has 0 spiro atoms. The quantitative estimate of drug-likeness (QED) is 0.810. The number of rotatable bonds is 6. The minimum Gasteiger partial charge on any atom is -0.496 e. The smallest absolute Gasteiger partial charge is 0.255 e. The molecule has 29 heavy (non-hydrogen) atoms. The van der Waals surface area contributed by atoms with E-state index in [1.807, 2.05) is 24.3 Å². The van der Waals surface area contributed by atoms with E-state index < -0.39 is 5.79 Å². The molecule has 7 nitrogen and oxygen atoms in total. The number of benzene rings is 2. The normalized spacial score (nSPS) is 17.3. The monoisotopic (exact) mass is 396 g/mol. The molecule has 0 aliphatic carbocycles. The van der Waals surface area contributed by atoms with E-state index in [1.165, 1.54) is 7.11 Å². The maximum atomic E-state index is 12.5. The molecule has 0 unspecified atom stereocenters. The average molecular weight is 396 g/mol. The predicted octanol–water partition coefficient (Wildman–Crippen LogP) is 2.23. The Morgan fingerprint density at radius 3 is 2.72 bits per heavy atom. The molecule has 2 aliphatic rings. The molecule has 4 rings (SSSR count). The van der Waals surface area contributed by atoms with E-state index in [1.54, 1.807) is 30.1 Å². The van der Waals surface area contributed by atoms with Crippen molar-refractivity contribution in [2.45, 2.75) is 18.6 Å². The summed E-state index contributed by atoms with van der Waals surface area (Å²) >= 11 is 0. The van der Waals surface area contributed by atoms with Gasteiger partial charge in [-0.3, -0.25) is 9.59 Å². The maximum absolute atomic E-state index is 12.5. The summed E-state index contributed by atoms with van der Waals surface area (Å²) < 4.78 is 17.2. The summed E-state index contributed by atoms with van der Waals surface area (Å²) in [5, 5.41) is 2.92. The van der Waals surface area contributed by atoms with Crippen LogP contribution in [0.5, 0.6) is 5.75 Å². The van der Waals surface area contributed by atoms with Gasteiger partial charge in [0, 0.05) is 31.3 Å². The van der Waals surface area contributed by atoms with Crippen molar-refractivity contribution in [3.8, 4) is 5.75 Å². The first-order chi connectivity index (χ1) is 14.0. The fourth-order valence-corrected chi connectivity index (χ4v) is 3.89. The van der Waals surface area contributed by atoms with Crippen LogP contribution in [0.1, 0.15) is 27.9 Å². The van der Waals surface area contributed by atoms with Crippen LogP contribution < -0.4 is 15.0 Å². The highest BCUT2D eigenvalue weighted by Gasteiger charge is 2.39. The first kappa shape index (κ1) is 19.4. The molecular formula is C22H24N2O5. The predicted molar refractivity (Wildman–Crippen MR) is 107 cm³/mol. The third kappa shape index (κ3) is 3.59. The lowest BCUT2D eigenvalue weighted by molar-refractivity contribution is -0.169. The van der Waals surface area contributed by atoms with Crippen molar-refractivity contribution in [3.63, 3.8) is 0 Å². The molecule has 0 radical (unpaired) electrons. The summed E-state index contributed by atoms with van der Waals surface area (Å²) in [5.74, 6) is -0.534. The number of nitrogens with zero attached hydrogens (tertiary/aromatic N) is 1. The third-order valence-corrected chi connectivity index (χ3v) is 5.44. The number of methoxy groups -OCH3 is 1. The van der Waals surface area contributed by atoms with Crippen molar-refractivity contribution >= 4 is 17.5 Å². The molecule has 0 saturated carbocycles. The van der Waals surface area contributed by atoms with Gasteiger partial charge in [-0.25, -0.2) is 0 Å². The molecule has 0 aromatic heterocycles. The van der Waals surface area contributed by atoms with Gasteiger partial charge >= 0.3 is 0 Å². The van der Waals surface area contributed by atoms with Crippen molar-refractivity contribution in [1.29, 1.82) is 0 Å². The first-order valence-electron chi connectivity index (χ1n) is 9.63. The third-order valence-electron chi connectivity index (χ3n) is 5.44. The summed E-state index contributed by atoms with van der Waals surface area (Å²) in [6, 6.07) is 12.9. The Morgan fingerprint density at radius 1 is 1.21 bits per heavy atom. The number of para-hydroxylation sites is 1. The fourth-order valence-electron chi connectivity index (χ4n) is 3.89. The van der Waals surface area contributed by atoms with Crippen LogP contribution in [-0.2, 0) is 26.5 Å². The van der Waals surface area contributed by atoms with Gasteiger partial charge in [0.05, 0.1) is 32.3 Å². The van der Waals surface area contributed by atoms with Crippen molar-refractivity contribution in [3.05, 3.63) is 59.2 Å². The van der Waals surface area contributed by atoms with Crippen LogP contribution in [-0.4, -0.2) is 45.7 Å². The highest BCUT2D eigenvalue weighted by molar-refractivity contribution is 6.01. The number of fused-ring (bicyclic) bond motifs is 1. The summed E-state index contributed by atoms with van der Waals surface area (Å²) in [5.41, 5.74) is 3.22. The second kappa shape index (κ2) is 7.85. The minimum absolute atomic E-state index is 0.0727. The SMILES string of the molecule is COc1ccccc1C(=O)NCCC1(c2ccc3c(c2)CC(=O)N3C)OCCO1. The Bertz CT molecular complexity index is 937. The summed E-state index contributed by atoms with van der Waals surface area (Å²) in [6.07, 6.45) is 0.830. The molecule has 2 amide bonds. The van der Waals surface area contributed by atoms with Crippen molar-refractivity contribution in [2.75, 3.05) is 38.8 Å². The van der Waals surface area contributed by atoms with Gasteiger partial charge in [0.25, 0.3) is 5.91 Å². The van der Waals surface area contributed by atoms with Gasteiger partial charge in [-0.2, -0.15) is 0 Å². The average Bonchev–Trinajstić information content (AvgIpc) is 3.33. The molecule has 1 fully saturated rings. The van der Waals surface area contributed by atoms with Crippen LogP contribution in [0.25, 0.3) is 0 Å². The molecule has 152 valence electrons. The van der Waals surface area contributed by atoms with Gasteiger partial charge in [0.15, 0.2) is 5.79 Å². The minimum atomic E-state index is -0.923. The lowest BCUT2D eigenvalue weighted by atomic mass is 9.98. The summed E-state index contributed by atoms with van der Waals surface area (Å²) in [6.45, 7) is 1.33. The van der Waals surface area contributed by atoms with Crippen LogP contribution in [0, 0.1) is 0 Å². The second-order valence-corrected chi connectivity index (χ2v) is 7.13. The van der Waals surface area contributed by atoms with Gasteiger partial charge in [0.2, 0.25) is 5.91 Å². The highest BCUT2D eigenvalue weighted by Crippen LogP contribution is 2.38. The Morgan fingerprint density at radius 2 is 1.97 bits per heavy atom. The number of hydrogen-bond acceptors (Lipinski definition) is 5. The van der Waals surface area contributed by atoms with Gasteiger partial charge in [-0.15, -0.1) is 0 Å². The number of anilines is 1. The van der Waals surface area contributed by atoms with E-state index in [-0.39, 0.29) is 11.8 Å². The molecular weight excluding hydrogens is 372 g/mol. The van der Waals surface area contributed by atoms with E-state index in [0.717, 1.165) is 16.8 Å². The van der Waals surface area contributed by atoms with Gasteiger partial charge in [-0.1, -0.05) is 18.2 Å². The molecule has 7 heteroatoms. The Kier molecular flexibility index (Phi) is 5.25. The van der Waals surface area contributed by atoms with Crippen molar-refractivity contribution in [1.82, 2.24) is 5.32 Å². The molecule has 0 atom stereocenters. The van der Waals surface area contributed by atoms with E-state index in [4.69, 9.17) is 14.2 Å². The summed E-state index contributed by atoms with van der Waals surface area (Å²) in [4.78, 5) is 26.2. The summed E-state index contributed by atoms with van der Waals surface area (Å²) in [7, 11) is 3.32. The van der Waals surface area contributed by atoms with E-state index in [9.17, 15) is 9.59 Å². The van der Waals surface area contributed by atoms with Crippen molar-refractivity contribution < 1.29 is 23.8 Å². The topological polar surface area (TPSA) is 77.1 Å². The number of hydrogen-bond donors (Lipinski definition) is 1. The second-order valence-electron chi connectivity index (χ2n) is 7.13. The molecule has 1 saturated heterocycles. The van der Waals surface area contributed by atoms with Gasteiger partial charge < -0.3 is 24.4 Å². The zero-order valence-electron chi connectivity index (χ0n) is 16.6. The number of carbonyl (C=O) groups excluding carboxylic acids is 2. The number of ether oxygens (including phenoxy) is 3. The molecule has 2 heterocycles. The Labute approximate surface area is 169 Å². The maximum Gasteiger partial charge on any atom is 0.255 e. The Balaban J connectivity index is 1.48. The van der Waals surface area contributed by atoms with E-state index in [2.05, 4.69) is 5.32 Å². The number of nitrogens with one attached hydrogen (secondary N) is 1. The largest absolute Gasteiger partial charge is 0.496 e. The zero-order chi connectivity index (χ0) is 20.4. The van der Waals surface area contributed by atoms with E-state index in [0.29, 0.717) is 43.9 Å². The first-order valence-corrected chi connectivity index (χ1v) is 9.63. The van der Waals surface area contributed by atoms with Crippen LogP contribution >= 0.6 is 0 Å². The van der Waals surface area contributed by atoms with Gasteiger partial charge in [0.1, 0.15) is 5.75 Å². The lowest BCUT2D eigenvalue weighted by Crippen LogP contribution is -2.34. The zero-order valence-corrected chi connectivity index (χ0v) is 16.6. The molecule has 2 aromatic carbocycles. The van der Waals surface area contributed by atoms with Crippen LogP contribution in [0.3, 0.4) is 0 Å². The molecule has 0 bridgehead atoms. The molecule has 2 aliphatic heterocycles. The van der Waals surface area contributed by atoms with Crippen LogP contribution in [0.15, 0.2) is 42.5 Å².